The number of methoxy groups -OCH3 is 1. The van der Waals surface area contributed by atoms with Gasteiger partial charge in [0.15, 0.2) is 10.9 Å². The van der Waals surface area contributed by atoms with E-state index >= 15 is 0 Å². The lowest BCUT2D eigenvalue weighted by Gasteiger charge is -2.55. The molecule has 3 atom stereocenters. The molecule has 1 saturated heterocycles. The number of amides is 2. The molecular weight excluding hydrogens is 511 g/mol. The molecule has 1 aromatic heterocycles. The first-order valence-corrected chi connectivity index (χ1v) is 12.4. The largest absolute Gasteiger partial charge is 0.611 e. The van der Waals surface area contributed by atoms with Gasteiger partial charge < -0.3 is 24.3 Å². The second-order valence-corrected chi connectivity index (χ2v) is 10.4. The van der Waals surface area contributed by atoms with Crippen molar-refractivity contribution < 1.29 is 42.0 Å². The molecule has 2 aliphatic heterocycles. The SMILES string of the molecule is CO[C@@]1(NC(=O)C[S+]([O-])C(F)(F)CF)C(=O)N2C(C(=O)O)=C(CSc3nncn3C)CS[C@H]21. The third-order valence-corrected chi connectivity index (χ3v) is 8.55. The van der Waals surface area contributed by atoms with Crippen molar-refractivity contribution in [3.8, 4) is 0 Å². The van der Waals surface area contributed by atoms with Crippen molar-refractivity contribution in [2.75, 3.05) is 31.0 Å². The van der Waals surface area contributed by atoms with Crippen LogP contribution in [0.15, 0.2) is 22.8 Å². The number of carboxylic acid groups (broad SMARTS) is 1. The zero-order valence-corrected chi connectivity index (χ0v) is 19.6. The highest BCUT2D eigenvalue weighted by atomic mass is 32.2. The second-order valence-electron chi connectivity index (χ2n) is 6.86. The number of hydrogen-bond donors (Lipinski definition) is 2. The lowest BCUT2D eigenvalue weighted by atomic mass is 9.98. The van der Waals surface area contributed by atoms with Gasteiger partial charge in [-0.2, -0.15) is 8.78 Å². The van der Waals surface area contributed by atoms with Gasteiger partial charge >= 0.3 is 11.2 Å². The fraction of sp³-hybridized carbons (Fsp3) is 0.562. The van der Waals surface area contributed by atoms with E-state index in [4.69, 9.17) is 4.74 Å². The standard InChI is InChI=1S/C16H18F3N5O6S3/c1-23-7-20-22-14(23)32-4-8-3-31-13-16(30-2,12(28)24(13)10(8)11(26)27)21-9(25)5-33(29)15(18,19)6-17/h7,13H,3-6H2,1-2H3,(H,21,25)(H,26,27)/t13-,16-,33?/m0/s1. The van der Waals surface area contributed by atoms with Gasteiger partial charge in [0.05, 0.1) is 0 Å². The number of aryl methyl sites for hydroxylation is 1. The number of thioether (sulfide) groups is 2. The highest BCUT2D eigenvalue weighted by Gasteiger charge is 2.67. The molecule has 0 radical (unpaired) electrons. The summed E-state index contributed by atoms with van der Waals surface area (Å²) in [6.45, 7) is -2.21. The Morgan fingerprint density at radius 1 is 1.55 bits per heavy atom. The maximum atomic E-state index is 13.2. The van der Waals surface area contributed by atoms with E-state index in [0.29, 0.717) is 10.7 Å². The van der Waals surface area contributed by atoms with E-state index in [9.17, 15) is 37.2 Å². The number of carboxylic acids is 1. The topological polar surface area (TPSA) is 150 Å². The predicted molar refractivity (Wildman–Crippen MR) is 111 cm³/mol. The van der Waals surface area contributed by atoms with Crippen LogP contribution in [-0.2, 0) is 37.3 Å². The molecule has 3 rings (SSSR count). The van der Waals surface area contributed by atoms with Crippen LogP contribution in [0.2, 0.25) is 0 Å². The minimum Gasteiger partial charge on any atom is -0.611 e. The van der Waals surface area contributed by atoms with E-state index in [1.54, 1.807) is 11.6 Å². The van der Waals surface area contributed by atoms with Crippen LogP contribution in [0.25, 0.3) is 0 Å². The molecule has 0 aromatic carbocycles. The number of nitrogens with one attached hydrogen (secondary N) is 1. The van der Waals surface area contributed by atoms with E-state index in [1.807, 2.05) is 0 Å². The summed E-state index contributed by atoms with van der Waals surface area (Å²) in [6, 6.07) is 0. The Hall–Kier alpha value is -1.95. The summed E-state index contributed by atoms with van der Waals surface area (Å²) in [5.74, 6) is -4.45. The number of rotatable bonds is 10. The van der Waals surface area contributed by atoms with Crippen LogP contribution in [0.3, 0.4) is 0 Å². The number of nitrogens with zero attached hydrogens (tertiary/aromatic N) is 4. The molecule has 1 unspecified atom stereocenters. The zero-order chi connectivity index (χ0) is 24.6. The van der Waals surface area contributed by atoms with Gasteiger partial charge in [0.25, 0.3) is 17.5 Å². The maximum absolute atomic E-state index is 13.2. The summed E-state index contributed by atoms with van der Waals surface area (Å²) in [5.41, 5.74) is -1.90. The summed E-state index contributed by atoms with van der Waals surface area (Å²) in [4.78, 5) is 38.0. The number of hydrogen-bond acceptors (Lipinski definition) is 9. The first-order chi connectivity index (χ1) is 15.5. The number of β-lactam (4-membered cyclic amide) rings is 1. The number of halogens is 3. The fourth-order valence-corrected chi connectivity index (χ4v) is 6.25. The monoisotopic (exact) mass is 529 g/mol. The summed E-state index contributed by atoms with van der Waals surface area (Å²) < 4.78 is 57.1. The van der Waals surface area contributed by atoms with Gasteiger partial charge in [-0.15, -0.1) is 22.0 Å². The highest BCUT2D eigenvalue weighted by Crippen LogP contribution is 2.47. The van der Waals surface area contributed by atoms with Crippen molar-refractivity contribution in [3.63, 3.8) is 0 Å². The molecule has 1 aromatic rings. The van der Waals surface area contributed by atoms with Gasteiger partial charge in [0, 0.05) is 36.8 Å². The van der Waals surface area contributed by atoms with E-state index in [1.165, 1.54) is 18.1 Å². The Balaban J connectivity index is 1.77. The summed E-state index contributed by atoms with van der Waals surface area (Å²) in [6.07, 6.45) is 1.48. The Labute approximate surface area is 196 Å². The van der Waals surface area contributed by atoms with Crippen molar-refractivity contribution >= 4 is 52.5 Å². The van der Waals surface area contributed by atoms with E-state index < -0.39 is 57.7 Å². The van der Waals surface area contributed by atoms with E-state index in [2.05, 4.69) is 15.5 Å². The summed E-state index contributed by atoms with van der Waals surface area (Å²) in [5, 5.41) is 14.8. The van der Waals surface area contributed by atoms with Crippen LogP contribution in [0.5, 0.6) is 0 Å². The molecule has 0 saturated carbocycles. The van der Waals surface area contributed by atoms with E-state index in [0.717, 1.165) is 23.8 Å². The van der Waals surface area contributed by atoms with Crippen molar-refractivity contribution in [3.05, 3.63) is 17.6 Å². The van der Waals surface area contributed by atoms with Crippen LogP contribution >= 0.6 is 23.5 Å². The maximum Gasteiger partial charge on any atom is 0.435 e. The predicted octanol–water partition coefficient (Wildman–Crippen LogP) is -0.0691. The van der Waals surface area contributed by atoms with Crippen molar-refractivity contribution in [2.45, 2.75) is 21.5 Å². The first-order valence-electron chi connectivity index (χ1n) is 9.04. The average Bonchev–Trinajstić information content (AvgIpc) is 3.19. The van der Waals surface area contributed by atoms with Crippen LogP contribution in [0.1, 0.15) is 0 Å². The minimum atomic E-state index is -4.22. The molecule has 2 N–H and O–H groups in total. The molecule has 11 nitrogen and oxygen atoms in total. The summed E-state index contributed by atoms with van der Waals surface area (Å²) in [7, 11) is 2.79. The molecule has 1 fully saturated rings. The average molecular weight is 530 g/mol. The number of carbonyl (C=O) groups excluding carboxylic acids is 2. The molecular formula is C16H18F3N5O6S3. The summed E-state index contributed by atoms with van der Waals surface area (Å²) >= 11 is -0.851. The van der Waals surface area contributed by atoms with Crippen LogP contribution in [0.4, 0.5) is 13.2 Å². The smallest absolute Gasteiger partial charge is 0.435 e. The second kappa shape index (κ2) is 9.73. The fourth-order valence-electron chi connectivity index (χ4n) is 3.14. The number of ether oxygens (including phenoxy) is 1. The number of fused-ring (bicyclic) bond motifs is 1. The quantitative estimate of drug-likeness (QED) is 0.183. The Bertz CT molecular complexity index is 995. The van der Waals surface area contributed by atoms with Crippen molar-refractivity contribution in [1.29, 1.82) is 0 Å². The third kappa shape index (κ3) is 4.68. The highest BCUT2D eigenvalue weighted by molar-refractivity contribution is 8.01. The number of aromatic nitrogens is 3. The van der Waals surface area contributed by atoms with Gasteiger partial charge in [0.2, 0.25) is 6.67 Å². The molecule has 17 heteroatoms. The van der Waals surface area contributed by atoms with Gasteiger partial charge in [-0.25, -0.2) is 9.18 Å². The number of carbonyl (C=O) groups is 3. The van der Waals surface area contributed by atoms with Gasteiger partial charge in [-0.1, -0.05) is 11.8 Å². The normalized spacial score (nSPS) is 23.8. The van der Waals surface area contributed by atoms with Gasteiger partial charge in [-0.05, 0) is 5.57 Å². The lowest BCUT2D eigenvalue weighted by Crippen LogP contribution is -2.81. The minimum absolute atomic E-state index is 0.160. The zero-order valence-electron chi connectivity index (χ0n) is 17.1. The van der Waals surface area contributed by atoms with Gasteiger partial charge in [0.1, 0.15) is 17.4 Å². The van der Waals surface area contributed by atoms with Gasteiger partial charge in [-0.3, -0.25) is 14.5 Å². The van der Waals surface area contributed by atoms with Crippen LogP contribution in [-0.4, -0.2) is 94.5 Å². The van der Waals surface area contributed by atoms with Crippen molar-refractivity contribution in [2.24, 2.45) is 7.05 Å². The Kier molecular flexibility index (Phi) is 7.57. The Morgan fingerprint density at radius 2 is 2.24 bits per heavy atom. The molecule has 0 spiro atoms. The number of alkyl halides is 3. The molecule has 182 valence electrons. The first kappa shape index (κ1) is 25.7. The molecule has 0 aliphatic carbocycles. The molecule has 2 aliphatic rings. The molecule has 3 heterocycles. The number of aliphatic carboxylic acids is 1. The third-order valence-electron chi connectivity index (χ3n) is 4.76. The van der Waals surface area contributed by atoms with Crippen LogP contribution < -0.4 is 5.32 Å². The Morgan fingerprint density at radius 3 is 2.79 bits per heavy atom. The lowest BCUT2D eigenvalue weighted by molar-refractivity contribution is -0.192. The molecule has 33 heavy (non-hydrogen) atoms. The molecule has 2 amide bonds. The molecule has 0 bridgehead atoms. The van der Waals surface area contributed by atoms with E-state index in [-0.39, 0.29) is 17.2 Å². The van der Waals surface area contributed by atoms with Crippen molar-refractivity contribution in [1.82, 2.24) is 25.0 Å². The van der Waals surface area contributed by atoms with Crippen LogP contribution in [0, 0.1) is 0 Å².